The number of imidazole rings is 1. The summed E-state index contributed by atoms with van der Waals surface area (Å²) in [5.74, 6) is 1.02. The highest BCUT2D eigenvalue weighted by Gasteiger charge is 2.24. The number of thiophene rings is 1. The Balaban J connectivity index is 1.95. The molecule has 2 heterocycles. The lowest BCUT2D eigenvalue weighted by Gasteiger charge is -2.19. The summed E-state index contributed by atoms with van der Waals surface area (Å²) in [6.45, 7) is 8.57. The summed E-state index contributed by atoms with van der Waals surface area (Å²) in [6, 6.07) is 10.4. The van der Waals surface area contributed by atoms with Gasteiger partial charge in [-0.2, -0.15) is 0 Å². The highest BCUT2D eigenvalue weighted by molar-refractivity contribution is 7.09. The van der Waals surface area contributed by atoms with Crippen LogP contribution in [0.25, 0.3) is 11.0 Å². The van der Waals surface area contributed by atoms with E-state index in [0.717, 1.165) is 36.1 Å². The number of nitrogens with zero attached hydrogens (tertiary/aromatic N) is 2. The molecule has 3 rings (SSSR count). The van der Waals surface area contributed by atoms with Gasteiger partial charge in [0.2, 0.25) is 5.91 Å². The van der Waals surface area contributed by atoms with Crippen LogP contribution in [0.4, 0.5) is 0 Å². The lowest BCUT2D eigenvalue weighted by atomic mass is 9.90. The molecule has 0 aliphatic carbocycles. The largest absolute Gasteiger partial charge is 0.359 e. The maximum atomic E-state index is 13.1. The van der Waals surface area contributed by atoms with Gasteiger partial charge in [0.05, 0.1) is 11.0 Å². The molecule has 2 aromatic heterocycles. The molecule has 0 fully saturated rings. The van der Waals surface area contributed by atoms with E-state index in [9.17, 15) is 9.59 Å². The van der Waals surface area contributed by atoms with Crippen LogP contribution in [0.3, 0.4) is 0 Å². The van der Waals surface area contributed by atoms with E-state index in [1.807, 2.05) is 18.2 Å². The van der Waals surface area contributed by atoms with Crippen LogP contribution in [-0.2, 0) is 11.2 Å². The molecule has 0 bridgehead atoms. The SMILES string of the molecule is CCC(CC)n1c(Cc2cccs2)nc2cc(C(=O)C[C@@H](CC(C)C)C(=O)NC)ccc21. The van der Waals surface area contributed by atoms with E-state index in [1.54, 1.807) is 18.4 Å². The first-order valence-electron chi connectivity index (χ1n) is 11.7. The molecule has 0 spiro atoms. The van der Waals surface area contributed by atoms with Crippen LogP contribution < -0.4 is 5.32 Å². The molecule has 32 heavy (non-hydrogen) atoms. The number of Topliss-reactive ketones (excluding diaryl/α,β-unsaturated/α-hetero) is 1. The molecule has 1 atom stereocenters. The van der Waals surface area contributed by atoms with E-state index in [2.05, 4.69) is 55.1 Å². The average Bonchev–Trinajstić information content (AvgIpc) is 3.41. The Bertz CT molecular complexity index is 1050. The van der Waals surface area contributed by atoms with Crippen molar-refractivity contribution in [3.05, 3.63) is 52.0 Å². The highest BCUT2D eigenvalue weighted by Crippen LogP contribution is 2.29. The highest BCUT2D eigenvalue weighted by atomic mass is 32.1. The van der Waals surface area contributed by atoms with E-state index in [0.29, 0.717) is 23.9 Å². The van der Waals surface area contributed by atoms with Gasteiger partial charge in [-0.05, 0) is 54.8 Å². The molecule has 3 aromatic rings. The van der Waals surface area contributed by atoms with Crippen molar-refractivity contribution < 1.29 is 9.59 Å². The second-order valence-corrected chi connectivity index (χ2v) is 9.93. The van der Waals surface area contributed by atoms with Crippen molar-refractivity contribution >= 4 is 34.1 Å². The zero-order valence-electron chi connectivity index (χ0n) is 19.9. The fourth-order valence-electron chi connectivity index (χ4n) is 4.47. The molecule has 1 amide bonds. The molecule has 0 aliphatic heterocycles. The lowest BCUT2D eigenvalue weighted by Crippen LogP contribution is -2.30. The zero-order valence-corrected chi connectivity index (χ0v) is 20.7. The quantitative estimate of drug-likeness (QED) is 0.361. The summed E-state index contributed by atoms with van der Waals surface area (Å²) in [5, 5.41) is 4.80. The van der Waals surface area contributed by atoms with E-state index in [4.69, 9.17) is 4.98 Å². The third kappa shape index (κ3) is 5.47. The molecule has 0 unspecified atom stereocenters. The molecule has 0 saturated carbocycles. The maximum Gasteiger partial charge on any atom is 0.223 e. The van der Waals surface area contributed by atoms with Gasteiger partial charge in [0.1, 0.15) is 5.82 Å². The fourth-order valence-corrected chi connectivity index (χ4v) is 5.18. The minimum Gasteiger partial charge on any atom is -0.359 e. The van der Waals surface area contributed by atoms with E-state index in [-0.39, 0.29) is 24.0 Å². The van der Waals surface area contributed by atoms with Crippen molar-refractivity contribution in [1.82, 2.24) is 14.9 Å². The minimum atomic E-state index is -0.306. The van der Waals surface area contributed by atoms with Gasteiger partial charge >= 0.3 is 0 Å². The molecular formula is C26H35N3O2S. The molecule has 1 N–H and O–H groups in total. The summed E-state index contributed by atoms with van der Waals surface area (Å²) < 4.78 is 2.36. The minimum absolute atomic E-state index is 0.00181. The van der Waals surface area contributed by atoms with Gasteiger partial charge in [-0.3, -0.25) is 9.59 Å². The predicted molar refractivity (Wildman–Crippen MR) is 132 cm³/mol. The molecule has 172 valence electrons. The summed E-state index contributed by atoms with van der Waals surface area (Å²) in [6.07, 6.45) is 3.77. The summed E-state index contributed by atoms with van der Waals surface area (Å²) >= 11 is 1.74. The van der Waals surface area contributed by atoms with Crippen LogP contribution in [0.2, 0.25) is 0 Å². The number of carbonyl (C=O) groups is 2. The van der Waals surface area contributed by atoms with Crippen LogP contribution in [0.5, 0.6) is 0 Å². The number of aromatic nitrogens is 2. The Morgan fingerprint density at radius 1 is 1.16 bits per heavy atom. The molecule has 6 heteroatoms. The van der Waals surface area contributed by atoms with E-state index in [1.165, 1.54) is 4.88 Å². The zero-order chi connectivity index (χ0) is 23.3. The van der Waals surface area contributed by atoms with Crippen molar-refractivity contribution in [3.63, 3.8) is 0 Å². The average molecular weight is 454 g/mol. The maximum absolute atomic E-state index is 13.1. The van der Waals surface area contributed by atoms with Crippen molar-refractivity contribution in [2.24, 2.45) is 11.8 Å². The van der Waals surface area contributed by atoms with E-state index >= 15 is 0 Å². The van der Waals surface area contributed by atoms with E-state index < -0.39 is 0 Å². The normalized spacial score (nSPS) is 12.6. The Morgan fingerprint density at radius 2 is 1.91 bits per heavy atom. The summed E-state index contributed by atoms with van der Waals surface area (Å²) in [7, 11) is 1.63. The Labute approximate surface area is 195 Å². The van der Waals surface area contributed by atoms with Crippen LogP contribution in [0.1, 0.15) is 80.5 Å². The number of amides is 1. The van der Waals surface area contributed by atoms with Crippen molar-refractivity contribution in [3.8, 4) is 0 Å². The third-order valence-electron chi connectivity index (χ3n) is 6.11. The molecule has 0 aliphatic rings. The number of rotatable bonds is 11. The van der Waals surface area contributed by atoms with Crippen molar-refractivity contribution in [1.29, 1.82) is 0 Å². The van der Waals surface area contributed by atoms with Gasteiger partial charge in [0.25, 0.3) is 0 Å². The molecule has 0 saturated heterocycles. The summed E-state index contributed by atoms with van der Waals surface area (Å²) in [4.78, 5) is 31.6. The predicted octanol–water partition coefficient (Wildman–Crippen LogP) is 6.03. The smallest absolute Gasteiger partial charge is 0.223 e. The second kappa shape index (κ2) is 10.9. The van der Waals surface area contributed by atoms with Gasteiger partial charge in [-0.25, -0.2) is 4.98 Å². The first kappa shape index (κ1) is 24.2. The lowest BCUT2D eigenvalue weighted by molar-refractivity contribution is -0.124. The van der Waals surface area contributed by atoms with Gasteiger partial charge in [0.15, 0.2) is 5.78 Å². The molecule has 1 aromatic carbocycles. The Kier molecular flexibility index (Phi) is 8.24. The van der Waals surface area contributed by atoms with Gasteiger partial charge in [0, 0.05) is 42.3 Å². The van der Waals surface area contributed by atoms with Crippen LogP contribution in [0.15, 0.2) is 35.7 Å². The van der Waals surface area contributed by atoms with Crippen LogP contribution in [0, 0.1) is 11.8 Å². The topological polar surface area (TPSA) is 64.0 Å². The van der Waals surface area contributed by atoms with Crippen molar-refractivity contribution in [2.75, 3.05) is 7.05 Å². The second-order valence-electron chi connectivity index (χ2n) is 8.90. The number of benzene rings is 1. The molecule has 5 nitrogen and oxygen atoms in total. The summed E-state index contributed by atoms with van der Waals surface area (Å²) in [5.41, 5.74) is 2.56. The number of fused-ring (bicyclic) bond motifs is 1. The van der Waals surface area contributed by atoms with Crippen molar-refractivity contribution in [2.45, 2.75) is 65.8 Å². The Morgan fingerprint density at radius 3 is 2.50 bits per heavy atom. The fraction of sp³-hybridized carbons (Fsp3) is 0.500. The first-order valence-corrected chi connectivity index (χ1v) is 12.5. The third-order valence-corrected chi connectivity index (χ3v) is 6.99. The number of hydrogen-bond acceptors (Lipinski definition) is 4. The number of carbonyl (C=O) groups excluding carboxylic acids is 2. The monoisotopic (exact) mass is 453 g/mol. The van der Waals surface area contributed by atoms with Crippen LogP contribution in [-0.4, -0.2) is 28.3 Å². The van der Waals surface area contributed by atoms with Crippen LogP contribution >= 0.6 is 11.3 Å². The number of hydrogen-bond donors (Lipinski definition) is 1. The standard InChI is InChI=1S/C26H35N3O2S/c1-6-20(7-2)29-23-11-10-18(24(30)15-19(13-17(3)4)26(31)27-5)14-22(23)28-25(29)16-21-9-8-12-32-21/h8-12,14,17,19-20H,6-7,13,15-16H2,1-5H3,(H,27,31)/t19-/m1/s1. The molecule has 0 radical (unpaired) electrons. The number of nitrogens with one attached hydrogen (secondary N) is 1. The van der Waals surface area contributed by atoms with Gasteiger partial charge in [-0.15, -0.1) is 11.3 Å². The van der Waals surface area contributed by atoms with Gasteiger partial charge in [-0.1, -0.05) is 33.8 Å². The van der Waals surface area contributed by atoms with Gasteiger partial charge < -0.3 is 9.88 Å². The number of ketones is 1. The Hall–Kier alpha value is -2.47. The first-order chi connectivity index (χ1) is 15.4. The molecular weight excluding hydrogens is 418 g/mol.